The number of ether oxygens (including phenoxy) is 1. The maximum atomic E-state index is 14.3. The predicted molar refractivity (Wildman–Crippen MR) is 148 cm³/mol. The molecule has 5 N–H and O–H groups in total. The van der Waals surface area contributed by atoms with E-state index in [1.165, 1.54) is 17.6 Å². The fourth-order valence-corrected chi connectivity index (χ4v) is 5.49. The molecule has 3 atom stereocenters. The molecule has 11 heteroatoms. The van der Waals surface area contributed by atoms with Crippen molar-refractivity contribution in [3.63, 3.8) is 0 Å². The number of allylic oxidation sites excluding steroid dienone is 1. The molecule has 3 aliphatic rings. The second-order valence-corrected chi connectivity index (χ2v) is 10.7. The van der Waals surface area contributed by atoms with E-state index in [0.717, 1.165) is 56.2 Å². The molecule has 0 bridgehead atoms. The van der Waals surface area contributed by atoms with Gasteiger partial charge in [0.05, 0.1) is 12.1 Å². The van der Waals surface area contributed by atoms with Gasteiger partial charge >= 0.3 is 6.61 Å². The largest absolute Gasteiger partial charge is 0.435 e. The third kappa shape index (κ3) is 9.91. The van der Waals surface area contributed by atoms with Crippen molar-refractivity contribution in [3.05, 3.63) is 35.2 Å². The zero-order valence-electron chi connectivity index (χ0n) is 22.7. The maximum Gasteiger partial charge on any atom is 0.387 e. The van der Waals surface area contributed by atoms with Crippen LogP contribution in [0.1, 0.15) is 57.9 Å². The molecule has 1 saturated heterocycles. The lowest BCUT2D eigenvalue weighted by atomic mass is 9.83. The Bertz CT molecular complexity index is 923. The minimum Gasteiger partial charge on any atom is -0.435 e. The van der Waals surface area contributed by atoms with Gasteiger partial charge in [0.1, 0.15) is 18.4 Å². The Labute approximate surface area is 228 Å². The smallest absolute Gasteiger partial charge is 0.387 e. The highest BCUT2D eigenvalue weighted by atomic mass is 32.2. The second kappa shape index (κ2) is 16.8. The lowest BCUT2D eigenvalue weighted by molar-refractivity contribution is -0.0980. The van der Waals surface area contributed by atoms with Crippen LogP contribution in [0.4, 0.5) is 13.2 Å². The molecule has 2 unspecified atom stereocenters. The van der Waals surface area contributed by atoms with E-state index in [1.807, 2.05) is 25.6 Å². The van der Waals surface area contributed by atoms with Crippen LogP contribution < -0.4 is 15.8 Å². The van der Waals surface area contributed by atoms with Gasteiger partial charge in [0, 0.05) is 41.1 Å². The molecule has 38 heavy (non-hydrogen) atoms. The number of nitrogens with one attached hydrogen (secondary N) is 1. The number of halogens is 3. The van der Waals surface area contributed by atoms with Gasteiger partial charge in [0.2, 0.25) is 0 Å². The van der Waals surface area contributed by atoms with E-state index in [-0.39, 0.29) is 23.1 Å². The summed E-state index contributed by atoms with van der Waals surface area (Å²) in [5, 5.41) is 20.3. The number of carbonyl (C=O) groups excluding carboxylic acids is 1. The van der Waals surface area contributed by atoms with Gasteiger partial charge < -0.3 is 30.8 Å². The van der Waals surface area contributed by atoms with Crippen molar-refractivity contribution in [2.75, 3.05) is 25.7 Å². The molecule has 7 nitrogen and oxygen atoms in total. The lowest BCUT2D eigenvalue weighted by Gasteiger charge is -2.37. The highest BCUT2D eigenvalue weighted by Crippen LogP contribution is 2.34. The van der Waals surface area contributed by atoms with Crippen LogP contribution in [0.2, 0.25) is 0 Å². The molecular weight excluding hydrogens is 519 g/mol. The summed E-state index contributed by atoms with van der Waals surface area (Å²) < 4.78 is 43.7. The molecule has 1 aromatic rings. The molecule has 1 aromatic carbocycles. The van der Waals surface area contributed by atoms with Crippen molar-refractivity contribution in [2.24, 2.45) is 16.6 Å². The van der Waals surface area contributed by atoms with Crippen molar-refractivity contribution in [1.82, 2.24) is 5.32 Å². The quantitative estimate of drug-likeness (QED) is 0.421. The molecule has 0 spiro atoms. The number of benzene rings is 1. The first kappa shape index (κ1) is 33.9. The number of aliphatic imine (C=N–C) groups is 1. The van der Waals surface area contributed by atoms with Gasteiger partial charge in [-0.3, -0.25) is 4.99 Å². The van der Waals surface area contributed by atoms with Gasteiger partial charge in [-0.25, -0.2) is 4.39 Å². The van der Waals surface area contributed by atoms with E-state index in [4.69, 9.17) is 20.6 Å². The van der Waals surface area contributed by atoms with Crippen LogP contribution in [0.5, 0.6) is 5.75 Å². The molecular formula is C27H42F3N3O4S. The lowest BCUT2D eigenvalue weighted by Crippen LogP contribution is -2.51. The maximum absolute atomic E-state index is 14.3. The monoisotopic (exact) mass is 561 g/mol. The van der Waals surface area contributed by atoms with Gasteiger partial charge in [-0.2, -0.15) is 20.5 Å². The molecule has 0 amide bonds. The summed E-state index contributed by atoms with van der Waals surface area (Å²) >= 11 is 2.01. The van der Waals surface area contributed by atoms with Crippen molar-refractivity contribution in [3.8, 4) is 5.75 Å². The van der Waals surface area contributed by atoms with Crippen LogP contribution in [-0.2, 0) is 4.79 Å². The summed E-state index contributed by atoms with van der Waals surface area (Å²) in [4.78, 5) is 12.8. The molecule has 1 aliphatic heterocycles. The highest BCUT2D eigenvalue weighted by Gasteiger charge is 2.30. The van der Waals surface area contributed by atoms with Crippen LogP contribution in [0.25, 0.3) is 5.70 Å². The SMILES string of the molecule is C=O.CNC1(C)CSC1.CO.C[C@@H]1CC/C(=C(/N)c2cc(OC(F)F)ccc2F)C(=NC2CCCC2O)C1. The number of aliphatic hydroxyl groups excluding tert-OH is 2. The second-order valence-electron chi connectivity index (χ2n) is 9.71. The van der Waals surface area contributed by atoms with Crippen LogP contribution >= 0.6 is 11.8 Å². The zero-order valence-corrected chi connectivity index (χ0v) is 23.5. The highest BCUT2D eigenvalue weighted by molar-refractivity contribution is 8.00. The minimum atomic E-state index is -2.99. The van der Waals surface area contributed by atoms with E-state index in [2.05, 4.69) is 23.9 Å². The molecule has 2 saturated carbocycles. The Morgan fingerprint density at radius 3 is 2.39 bits per heavy atom. The van der Waals surface area contributed by atoms with Crippen molar-refractivity contribution in [2.45, 2.75) is 76.7 Å². The number of nitrogens with two attached hydrogens (primary N) is 1. The molecule has 4 rings (SSSR count). The van der Waals surface area contributed by atoms with Crippen LogP contribution in [-0.4, -0.2) is 72.7 Å². The van der Waals surface area contributed by atoms with Crippen molar-refractivity contribution in [1.29, 1.82) is 0 Å². The van der Waals surface area contributed by atoms with Crippen LogP contribution in [0, 0.1) is 11.7 Å². The first-order valence-electron chi connectivity index (χ1n) is 12.6. The number of hydrogen-bond donors (Lipinski definition) is 4. The Balaban J connectivity index is 0.000000554. The molecule has 216 valence electrons. The topological polar surface area (TPSA) is 117 Å². The fraction of sp³-hybridized carbons (Fsp3) is 0.630. The van der Waals surface area contributed by atoms with Gasteiger partial charge in [-0.15, -0.1) is 0 Å². The summed E-state index contributed by atoms with van der Waals surface area (Å²) in [7, 11) is 3.03. The Kier molecular flexibility index (Phi) is 15.0. The number of hydrogen-bond acceptors (Lipinski definition) is 8. The number of carbonyl (C=O) groups is 1. The van der Waals surface area contributed by atoms with Gasteiger partial charge in [-0.05, 0) is 82.2 Å². The van der Waals surface area contributed by atoms with E-state index in [9.17, 15) is 18.3 Å². The molecule has 0 radical (unpaired) electrons. The average Bonchev–Trinajstić information content (AvgIpc) is 3.30. The average molecular weight is 562 g/mol. The van der Waals surface area contributed by atoms with E-state index in [1.54, 1.807) is 0 Å². The summed E-state index contributed by atoms with van der Waals surface area (Å²) in [6.07, 6.45) is 4.23. The van der Waals surface area contributed by atoms with Gasteiger partial charge in [0.25, 0.3) is 0 Å². The van der Waals surface area contributed by atoms with Crippen LogP contribution in [0.15, 0.2) is 28.8 Å². The standard InChI is InChI=1S/C20H25F3N2O2.C5H11NS.CH4O.CH2O/c1-11-5-7-13(17(9-11)25-16-3-2-4-18(16)26)19(24)14-10-12(27-20(22)23)6-8-15(14)21;1-5(6-2)3-7-4-5;2*1-2/h6,8,10-11,16,18,20,26H,2-5,7,9,24H2,1H3;6H,3-4H2,1-2H3;2H,1H3;1H2/b19-13-,25-17?;;;/t11-,16?,18?;;;/m1.../s1. The first-order valence-corrected chi connectivity index (χ1v) is 13.8. The summed E-state index contributed by atoms with van der Waals surface area (Å²) in [5.74, 6) is 2.24. The number of alkyl halides is 2. The van der Waals surface area contributed by atoms with Crippen molar-refractivity contribution >= 4 is 30.0 Å². The molecule has 1 heterocycles. The number of nitrogens with zero attached hydrogens (tertiary/aromatic N) is 1. The van der Waals surface area contributed by atoms with Crippen LogP contribution in [0.3, 0.4) is 0 Å². The van der Waals surface area contributed by atoms with Gasteiger partial charge in [-0.1, -0.05) is 6.92 Å². The normalized spacial score (nSPS) is 26.1. The Morgan fingerprint density at radius 2 is 1.92 bits per heavy atom. The van der Waals surface area contributed by atoms with Gasteiger partial charge in [0.15, 0.2) is 0 Å². The fourth-order valence-electron chi connectivity index (χ4n) is 4.38. The van der Waals surface area contributed by atoms with E-state index in [0.29, 0.717) is 24.3 Å². The Morgan fingerprint density at radius 1 is 1.26 bits per heavy atom. The molecule has 3 fully saturated rings. The molecule has 2 aliphatic carbocycles. The van der Waals surface area contributed by atoms with Crippen molar-refractivity contribution < 1.29 is 32.9 Å². The zero-order chi connectivity index (χ0) is 28.9. The van der Waals surface area contributed by atoms with E-state index >= 15 is 0 Å². The first-order chi connectivity index (χ1) is 18.1. The number of aliphatic hydroxyl groups is 2. The Hall–Kier alpha value is -2.08. The number of rotatable bonds is 5. The third-order valence-corrected chi connectivity index (χ3v) is 8.45. The summed E-state index contributed by atoms with van der Waals surface area (Å²) in [6.45, 7) is 3.38. The minimum absolute atomic E-state index is 0.0392. The molecule has 0 aromatic heterocycles. The van der Waals surface area contributed by atoms with E-state index < -0.39 is 18.5 Å². The summed E-state index contributed by atoms with van der Waals surface area (Å²) in [5.41, 5.74) is 8.51. The predicted octanol–water partition coefficient (Wildman–Crippen LogP) is 4.41. The third-order valence-electron chi connectivity index (χ3n) is 6.77. The number of thioether (sulfide) groups is 1. The summed E-state index contributed by atoms with van der Waals surface area (Å²) in [6, 6.07) is 3.26.